The van der Waals surface area contributed by atoms with Gasteiger partial charge in [-0.1, -0.05) is 0 Å². The first-order valence-corrected chi connectivity index (χ1v) is 9.91. The number of hydrogen-bond acceptors (Lipinski definition) is 5. The Kier molecular flexibility index (Phi) is 7.02. The zero-order chi connectivity index (χ0) is 10.2. The van der Waals surface area contributed by atoms with Crippen molar-refractivity contribution in [3.8, 4) is 0 Å². The fourth-order valence-electron chi connectivity index (χ4n) is 0.729. The summed E-state index contributed by atoms with van der Waals surface area (Å²) in [5.41, 5.74) is 1.23. The van der Waals surface area contributed by atoms with Crippen LogP contribution >= 0.6 is 31.7 Å². The number of hydrogen-bond donors (Lipinski definition) is 1. The van der Waals surface area contributed by atoms with E-state index in [4.69, 9.17) is 4.10 Å². The van der Waals surface area contributed by atoms with Gasteiger partial charge in [-0.3, -0.25) is 0 Å². The predicted octanol–water partition coefficient (Wildman–Crippen LogP) is 2.29. The van der Waals surface area contributed by atoms with Crippen molar-refractivity contribution in [1.82, 2.24) is 0 Å². The maximum atomic E-state index is 10.2. The van der Waals surface area contributed by atoms with Crippen LogP contribution in [0.3, 0.4) is 0 Å². The van der Waals surface area contributed by atoms with Gasteiger partial charge < -0.3 is 0 Å². The molecular formula is C7H9AsO3S3. The summed E-state index contributed by atoms with van der Waals surface area (Å²) in [7, 11) is 2.95. The van der Waals surface area contributed by atoms with Crippen LogP contribution in [0.1, 0.15) is 5.56 Å². The quantitative estimate of drug-likeness (QED) is 0.376. The molecule has 0 saturated heterocycles. The van der Waals surface area contributed by atoms with E-state index in [-0.39, 0.29) is 0 Å². The molecule has 1 atom stereocenters. The third kappa shape index (κ3) is 6.11. The summed E-state index contributed by atoms with van der Waals surface area (Å²) < 4.78 is 23.1. The Balaban J connectivity index is 2.08. The Labute approximate surface area is 99.2 Å². The van der Waals surface area contributed by atoms with E-state index in [1.165, 1.54) is 15.4 Å². The third-order valence-electron chi connectivity index (χ3n) is 1.25. The molecule has 0 radical (unpaired) electrons. The molecule has 0 aliphatic heterocycles. The van der Waals surface area contributed by atoms with Gasteiger partial charge >= 0.3 is 99.6 Å². The van der Waals surface area contributed by atoms with Crippen LogP contribution in [0.5, 0.6) is 0 Å². The monoisotopic (exact) mass is 312 g/mol. The van der Waals surface area contributed by atoms with Crippen molar-refractivity contribution in [2.45, 2.75) is 5.75 Å². The van der Waals surface area contributed by atoms with Crippen LogP contribution in [0.15, 0.2) is 30.3 Å². The second kappa shape index (κ2) is 7.79. The molecule has 1 unspecified atom stereocenters. The van der Waals surface area contributed by atoms with Crippen LogP contribution in [-0.2, 0) is 12.7 Å². The molecule has 0 fully saturated rings. The molecule has 0 bridgehead atoms. The van der Waals surface area contributed by atoms with E-state index in [2.05, 4.69) is 3.17 Å². The molecule has 14 heavy (non-hydrogen) atoms. The second-order valence-electron chi connectivity index (χ2n) is 2.23. The minimum atomic E-state index is -3.34. The van der Waals surface area contributed by atoms with Crippen LogP contribution < -0.4 is 0 Å². The summed E-state index contributed by atoms with van der Waals surface area (Å²) in [6, 6.07) is 10.0. The van der Waals surface area contributed by atoms with Gasteiger partial charge in [0.1, 0.15) is 0 Å². The normalized spacial score (nSPS) is 12.6. The van der Waals surface area contributed by atoms with Crippen molar-refractivity contribution in [1.29, 1.82) is 0 Å². The van der Waals surface area contributed by atoms with Crippen LogP contribution in [0.4, 0.5) is 0 Å². The summed E-state index contributed by atoms with van der Waals surface area (Å²) in [6.07, 6.45) is 0. The summed E-state index contributed by atoms with van der Waals surface area (Å²) in [5.74, 6) is 0.863. The molecule has 78 valence electrons. The van der Waals surface area contributed by atoms with Gasteiger partial charge in [0.2, 0.25) is 0 Å². The van der Waals surface area contributed by atoms with Gasteiger partial charge in [0.05, 0.1) is 0 Å². The molecule has 0 aliphatic rings. The topological polar surface area (TPSA) is 46.5 Å². The standard InChI is InChI=1S/C7H9AsO3S3/c9-8(10)11-13-14-12-6-7-4-2-1-3-5-7/h1-5,8H,6H2,(H,9,10). The zero-order valence-electron chi connectivity index (χ0n) is 7.08. The van der Waals surface area contributed by atoms with Crippen molar-refractivity contribution < 1.29 is 11.0 Å². The summed E-state index contributed by atoms with van der Waals surface area (Å²) >= 11 is -2.37. The van der Waals surface area contributed by atoms with Crippen LogP contribution in [0.25, 0.3) is 0 Å². The Morgan fingerprint density at radius 1 is 1.36 bits per heavy atom. The van der Waals surface area contributed by atoms with Crippen LogP contribution in [0.2, 0.25) is 0 Å². The van der Waals surface area contributed by atoms with Gasteiger partial charge in [-0.25, -0.2) is 0 Å². The van der Waals surface area contributed by atoms with E-state index < -0.39 is 15.3 Å². The van der Waals surface area contributed by atoms with Crippen LogP contribution in [0, 0.1) is 0 Å². The molecule has 0 aromatic heterocycles. The molecule has 3 nitrogen and oxygen atoms in total. The molecule has 0 spiro atoms. The fraction of sp³-hybridized carbons (Fsp3) is 0.143. The molecule has 0 saturated carbocycles. The van der Waals surface area contributed by atoms with E-state index in [1.807, 2.05) is 30.3 Å². The Bertz CT molecular complexity index is 283. The summed E-state index contributed by atoms with van der Waals surface area (Å²) in [4.78, 5) is 0. The van der Waals surface area contributed by atoms with Crippen molar-refractivity contribution in [2.75, 3.05) is 0 Å². The average molecular weight is 312 g/mol. The Hall–Kier alpha value is 0.548. The molecule has 1 aromatic carbocycles. The number of benzene rings is 1. The Morgan fingerprint density at radius 2 is 2.07 bits per heavy atom. The second-order valence-corrected chi connectivity index (χ2v) is 8.11. The average Bonchev–Trinajstić information content (AvgIpc) is 2.18. The molecule has 0 aliphatic carbocycles. The number of rotatable bonds is 6. The van der Waals surface area contributed by atoms with E-state index in [1.54, 1.807) is 10.8 Å². The summed E-state index contributed by atoms with van der Waals surface area (Å²) in [5, 5.41) is 0. The minimum absolute atomic E-state index is 0.863. The van der Waals surface area contributed by atoms with Crippen molar-refractivity contribution >= 4 is 47.0 Å². The zero-order valence-corrected chi connectivity index (χ0v) is 11.6. The van der Waals surface area contributed by atoms with Crippen LogP contribution in [-0.4, -0.2) is 19.4 Å². The first-order valence-electron chi connectivity index (χ1n) is 3.68. The molecule has 7 heteroatoms. The maximum absolute atomic E-state index is 10.2. The van der Waals surface area contributed by atoms with E-state index in [9.17, 15) is 3.74 Å². The fourth-order valence-corrected chi connectivity index (χ4v) is 5.87. The van der Waals surface area contributed by atoms with Gasteiger partial charge in [-0.15, -0.1) is 0 Å². The third-order valence-corrected chi connectivity index (χ3v) is 6.62. The first kappa shape index (κ1) is 12.6. The van der Waals surface area contributed by atoms with Crippen molar-refractivity contribution in [3.05, 3.63) is 35.9 Å². The predicted molar refractivity (Wildman–Crippen MR) is 64.1 cm³/mol. The molecule has 0 heterocycles. The van der Waals surface area contributed by atoms with E-state index >= 15 is 0 Å². The molecule has 1 rings (SSSR count). The Morgan fingerprint density at radius 3 is 2.71 bits per heavy atom. The molecule has 1 N–H and O–H groups in total. The van der Waals surface area contributed by atoms with E-state index in [0.29, 0.717) is 0 Å². The molecular weight excluding hydrogens is 303 g/mol. The summed E-state index contributed by atoms with van der Waals surface area (Å²) in [6.45, 7) is 0. The SMILES string of the molecule is O=[AsH](O)OSSSCc1ccccc1. The first-order chi connectivity index (χ1) is 6.79. The van der Waals surface area contributed by atoms with Gasteiger partial charge in [0.15, 0.2) is 0 Å². The van der Waals surface area contributed by atoms with Gasteiger partial charge in [0.25, 0.3) is 0 Å². The van der Waals surface area contributed by atoms with Crippen molar-refractivity contribution in [3.63, 3.8) is 0 Å². The van der Waals surface area contributed by atoms with Gasteiger partial charge in [0, 0.05) is 0 Å². The van der Waals surface area contributed by atoms with E-state index in [0.717, 1.165) is 16.8 Å². The van der Waals surface area contributed by atoms with Gasteiger partial charge in [-0.2, -0.15) is 0 Å². The van der Waals surface area contributed by atoms with Crippen molar-refractivity contribution in [2.24, 2.45) is 0 Å². The molecule has 0 amide bonds. The molecule has 1 aromatic rings. The van der Waals surface area contributed by atoms with Gasteiger partial charge in [-0.05, 0) is 0 Å².